The van der Waals surface area contributed by atoms with E-state index in [1.165, 1.54) is 12.8 Å². The molecule has 0 saturated carbocycles. The normalized spacial score (nSPS) is 15.8. The molecule has 19 heavy (non-hydrogen) atoms. The predicted molar refractivity (Wildman–Crippen MR) is 77.7 cm³/mol. The molecule has 0 aliphatic heterocycles. The average Bonchev–Trinajstić information content (AvgIpc) is 2.66. The predicted octanol–water partition coefficient (Wildman–Crippen LogP) is 4.55. The highest BCUT2D eigenvalue weighted by atomic mass is 16.5. The second-order valence-corrected chi connectivity index (χ2v) is 5.35. The van der Waals surface area contributed by atoms with Gasteiger partial charge in [-0.3, -0.25) is 4.79 Å². The van der Waals surface area contributed by atoms with Crippen LogP contribution in [-0.2, 0) is 0 Å². The van der Waals surface area contributed by atoms with Gasteiger partial charge in [-0.2, -0.15) is 0 Å². The Morgan fingerprint density at radius 2 is 2.05 bits per heavy atom. The molecule has 1 aliphatic carbocycles. The molecule has 1 aromatic rings. The lowest BCUT2D eigenvalue weighted by Crippen LogP contribution is -2.07. The maximum Gasteiger partial charge on any atom is 0.188 e. The first kappa shape index (κ1) is 13.9. The van der Waals surface area contributed by atoms with E-state index in [1.54, 1.807) is 0 Å². The number of Topliss-reactive ketones (excluding diaryl/α,β-unsaturated/α-hetero) is 1. The average molecular weight is 258 g/mol. The number of benzene rings is 1. The van der Waals surface area contributed by atoms with E-state index < -0.39 is 0 Å². The summed E-state index contributed by atoms with van der Waals surface area (Å²) in [6.45, 7) is 3.98. The summed E-state index contributed by atoms with van der Waals surface area (Å²) in [7, 11) is 0. The summed E-state index contributed by atoms with van der Waals surface area (Å²) >= 11 is 0. The molecule has 0 heterocycles. The van der Waals surface area contributed by atoms with Gasteiger partial charge in [0.1, 0.15) is 5.75 Å². The Morgan fingerprint density at radius 3 is 2.84 bits per heavy atom. The van der Waals surface area contributed by atoms with Crippen LogP contribution in [0, 0.1) is 0 Å². The highest BCUT2D eigenvalue weighted by Crippen LogP contribution is 2.23. The van der Waals surface area contributed by atoms with Gasteiger partial charge in [0.15, 0.2) is 5.78 Å². The van der Waals surface area contributed by atoms with Crippen molar-refractivity contribution in [3.05, 3.63) is 41.5 Å². The second kappa shape index (κ2) is 6.55. The van der Waals surface area contributed by atoms with E-state index in [2.05, 4.69) is 6.08 Å². The summed E-state index contributed by atoms with van der Waals surface area (Å²) in [4.78, 5) is 12.5. The lowest BCUT2D eigenvalue weighted by Gasteiger charge is -2.11. The molecule has 0 unspecified atom stereocenters. The first-order chi connectivity index (χ1) is 9.16. The number of allylic oxidation sites excluding steroid dienone is 2. The number of ether oxygens (including phenoxy) is 1. The van der Waals surface area contributed by atoms with Crippen LogP contribution in [0.2, 0.25) is 0 Å². The molecule has 0 atom stereocenters. The molecule has 0 radical (unpaired) electrons. The molecule has 102 valence electrons. The molecule has 1 aliphatic rings. The second-order valence-electron chi connectivity index (χ2n) is 5.35. The molecular formula is C17H22O2. The Labute approximate surface area is 115 Å². The van der Waals surface area contributed by atoms with Gasteiger partial charge in [-0.05, 0) is 57.2 Å². The molecule has 1 aromatic carbocycles. The summed E-state index contributed by atoms with van der Waals surface area (Å²) in [5.74, 6) is 0.936. The summed E-state index contributed by atoms with van der Waals surface area (Å²) < 4.78 is 5.65. The fourth-order valence-corrected chi connectivity index (χ4v) is 2.39. The molecule has 2 rings (SSSR count). The number of carbonyl (C=O) groups excluding carboxylic acids is 1. The van der Waals surface area contributed by atoms with Crippen molar-refractivity contribution in [1.82, 2.24) is 0 Å². The Kier molecular flexibility index (Phi) is 4.78. The highest BCUT2D eigenvalue weighted by Gasteiger charge is 2.14. The van der Waals surface area contributed by atoms with Crippen LogP contribution in [0.1, 0.15) is 56.3 Å². The van der Waals surface area contributed by atoms with Crippen molar-refractivity contribution in [2.45, 2.75) is 52.1 Å². The third-order valence-electron chi connectivity index (χ3n) is 3.30. The molecule has 0 fully saturated rings. The first-order valence-corrected chi connectivity index (χ1v) is 7.17. The highest BCUT2D eigenvalue weighted by molar-refractivity contribution is 6.08. The summed E-state index contributed by atoms with van der Waals surface area (Å²) in [5, 5.41) is 0. The van der Waals surface area contributed by atoms with Gasteiger partial charge in [0.2, 0.25) is 0 Å². The summed E-state index contributed by atoms with van der Waals surface area (Å²) in [6, 6.07) is 7.52. The van der Waals surface area contributed by atoms with E-state index in [1.807, 2.05) is 38.1 Å². The molecule has 0 saturated heterocycles. The van der Waals surface area contributed by atoms with E-state index in [-0.39, 0.29) is 11.9 Å². The van der Waals surface area contributed by atoms with Crippen LogP contribution < -0.4 is 4.74 Å². The van der Waals surface area contributed by atoms with Crippen LogP contribution in [0.5, 0.6) is 5.75 Å². The molecular weight excluding hydrogens is 236 g/mol. The van der Waals surface area contributed by atoms with Crippen LogP contribution in [0.3, 0.4) is 0 Å². The number of hydrogen-bond acceptors (Lipinski definition) is 2. The van der Waals surface area contributed by atoms with Gasteiger partial charge in [0, 0.05) is 5.56 Å². The van der Waals surface area contributed by atoms with Crippen molar-refractivity contribution < 1.29 is 9.53 Å². The van der Waals surface area contributed by atoms with Crippen LogP contribution >= 0.6 is 0 Å². The van der Waals surface area contributed by atoms with Gasteiger partial charge < -0.3 is 4.74 Å². The maximum absolute atomic E-state index is 12.5. The molecule has 0 bridgehead atoms. The van der Waals surface area contributed by atoms with Gasteiger partial charge in [-0.25, -0.2) is 0 Å². The largest absolute Gasteiger partial charge is 0.491 e. The van der Waals surface area contributed by atoms with E-state index in [0.717, 1.165) is 36.1 Å². The van der Waals surface area contributed by atoms with Gasteiger partial charge in [0.25, 0.3) is 0 Å². The lowest BCUT2D eigenvalue weighted by molar-refractivity contribution is 0.102. The molecule has 0 spiro atoms. The van der Waals surface area contributed by atoms with Crippen LogP contribution in [0.15, 0.2) is 35.9 Å². The lowest BCUT2D eigenvalue weighted by atomic mass is 9.99. The van der Waals surface area contributed by atoms with Crippen molar-refractivity contribution >= 4 is 5.78 Å². The van der Waals surface area contributed by atoms with Crippen molar-refractivity contribution in [3.63, 3.8) is 0 Å². The third kappa shape index (κ3) is 3.95. The van der Waals surface area contributed by atoms with E-state index in [9.17, 15) is 4.79 Å². The number of hydrogen-bond donors (Lipinski definition) is 0. The van der Waals surface area contributed by atoms with Crippen LogP contribution in [-0.4, -0.2) is 11.9 Å². The summed E-state index contributed by atoms with van der Waals surface area (Å²) in [5.41, 5.74) is 1.71. The zero-order valence-corrected chi connectivity index (χ0v) is 11.8. The van der Waals surface area contributed by atoms with E-state index in [4.69, 9.17) is 4.74 Å². The fraction of sp³-hybridized carbons (Fsp3) is 0.471. The van der Waals surface area contributed by atoms with Crippen molar-refractivity contribution in [1.29, 1.82) is 0 Å². The van der Waals surface area contributed by atoms with E-state index >= 15 is 0 Å². The minimum absolute atomic E-state index is 0.127. The molecule has 0 amide bonds. The number of rotatable bonds is 4. The monoisotopic (exact) mass is 258 g/mol. The third-order valence-corrected chi connectivity index (χ3v) is 3.30. The Bertz CT molecular complexity index is 472. The topological polar surface area (TPSA) is 26.3 Å². The molecule has 0 aromatic heterocycles. The minimum atomic E-state index is 0.127. The Hall–Kier alpha value is -1.57. The zero-order valence-electron chi connectivity index (χ0n) is 11.8. The molecule has 2 nitrogen and oxygen atoms in total. The van der Waals surface area contributed by atoms with Gasteiger partial charge >= 0.3 is 0 Å². The Morgan fingerprint density at radius 1 is 1.21 bits per heavy atom. The van der Waals surface area contributed by atoms with Crippen molar-refractivity contribution in [3.8, 4) is 5.75 Å². The van der Waals surface area contributed by atoms with Crippen LogP contribution in [0.25, 0.3) is 0 Å². The van der Waals surface area contributed by atoms with Gasteiger partial charge in [-0.1, -0.05) is 24.6 Å². The molecule has 0 N–H and O–H groups in total. The minimum Gasteiger partial charge on any atom is -0.491 e. The fourth-order valence-electron chi connectivity index (χ4n) is 2.39. The first-order valence-electron chi connectivity index (χ1n) is 7.17. The van der Waals surface area contributed by atoms with E-state index in [0.29, 0.717) is 0 Å². The van der Waals surface area contributed by atoms with Gasteiger partial charge in [0.05, 0.1) is 6.10 Å². The van der Waals surface area contributed by atoms with Crippen molar-refractivity contribution in [2.24, 2.45) is 0 Å². The SMILES string of the molecule is CC(C)Oc1cccc(C(=O)C2=CCCCCC2)c1. The standard InChI is InChI=1S/C17H22O2/c1-13(2)19-16-11-7-10-15(12-16)17(18)14-8-5-3-4-6-9-14/h7-8,10-13H,3-6,9H2,1-2H3. The Balaban J connectivity index is 2.16. The quantitative estimate of drug-likeness (QED) is 0.741. The number of carbonyl (C=O) groups is 1. The van der Waals surface area contributed by atoms with Crippen LogP contribution in [0.4, 0.5) is 0 Å². The maximum atomic E-state index is 12.5. The molecule has 2 heteroatoms. The van der Waals surface area contributed by atoms with Gasteiger partial charge in [-0.15, -0.1) is 0 Å². The summed E-state index contributed by atoms with van der Waals surface area (Å²) in [6.07, 6.45) is 7.74. The number of ketones is 1. The van der Waals surface area contributed by atoms with Crippen molar-refractivity contribution in [2.75, 3.05) is 0 Å². The smallest absolute Gasteiger partial charge is 0.188 e. The zero-order chi connectivity index (χ0) is 13.7.